The van der Waals surface area contributed by atoms with Crippen LogP contribution in [0.15, 0.2) is 78.2 Å². The summed E-state index contributed by atoms with van der Waals surface area (Å²) in [6.45, 7) is 1.32. The lowest BCUT2D eigenvalue weighted by atomic mass is 10.2. The molecule has 0 atom stereocenters. The van der Waals surface area contributed by atoms with Gasteiger partial charge in [-0.25, -0.2) is 9.67 Å². The molecule has 0 fully saturated rings. The third-order valence-corrected chi connectivity index (χ3v) is 4.14. The fourth-order valence-electron chi connectivity index (χ4n) is 2.80. The number of hydrogen-bond donors (Lipinski definition) is 2. The van der Waals surface area contributed by atoms with E-state index in [1.807, 2.05) is 36.4 Å². The Morgan fingerprint density at radius 1 is 1.00 bits per heavy atom. The average Bonchev–Trinajstić information content (AvgIpc) is 3.11. The van der Waals surface area contributed by atoms with Crippen LogP contribution in [0, 0.1) is 0 Å². The van der Waals surface area contributed by atoms with Gasteiger partial charge in [0.1, 0.15) is 0 Å². The van der Waals surface area contributed by atoms with Crippen LogP contribution < -0.4 is 10.9 Å². The lowest BCUT2D eigenvalue weighted by Gasteiger charge is -2.06. The van der Waals surface area contributed by atoms with Crippen LogP contribution in [0.4, 0.5) is 0 Å². The number of aromatic amines is 1. The van der Waals surface area contributed by atoms with Crippen molar-refractivity contribution in [2.45, 2.75) is 13.1 Å². The summed E-state index contributed by atoms with van der Waals surface area (Å²) in [5, 5.41) is 6.33. The molecule has 2 N–H and O–H groups in total. The second-order valence-electron chi connectivity index (χ2n) is 6.02. The SMILES string of the molecule is O=c1c(-c2cccnc2)c[nH]n1-c1cc(CNCc2ccccn2)ccn1. The monoisotopic (exact) mass is 358 g/mol. The van der Waals surface area contributed by atoms with Gasteiger partial charge in [-0.1, -0.05) is 12.1 Å². The lowest BCUT2D eigenvalue weighted by Crippen LogP contribution is -2.18. The summed E-state index contributed by atoms with van der Waals surface area (Å²) in [6, 6.07) is 13.3. The van der Waals surface area contributed by atoms with E-state index in [9.17, 15) is 4.79 Å². The Labute approximate surface area is 155 Å². The Kier molecular flexibility index (Phi) is 4.84. The summed E-state index contributed by atoms with van der Waals surface area (Å²) >= 11 is 0. The summed E-state index contributed by atoms with van der Waals surface area (Å²) < 4.78 is 1.44. The van der Waals surface area contributed by atoms with Gasteiger partial charge >= 0.3 is 0 Å². The average molecular weight is 358 g/mol. The zero-order chi connectivity index (χ0) is 18.5. The van der Waals surface area contributed by atoms with Gasteiger partial charge in [-0.2, -0.15) is 0 Å². The molecule has 4 heterocycles. The topological polar surface area (TPSA) is 88.5 Å². The van der Waals surface area contributed by atoms with E-state index in [1.54, 1.807) is 37.1 Å². The Bertz CT molecular complexity index is 1070. The zero-order valence-corrected chi connectivity index (χ0v) is 14.5. The van der Waals surface area contributed by atoms with Crippen LogP contribution in [0.5, 0.6) is 0 Å². The minimum absolute atomic E-state index is 0.158. The first-order valence-corrected chi connectivity index (χ1v) is 8.58. The van der Waals surface area contributed by atoms with Crippen molar-refractivity contribution in [3.63, 3.8) is 0 Å². The maximum atomic E-state index is 12.7. The Morgan fingerprint density at radius 3 is 2.78 bits per heavy atom. The van der Waals surface area contributed by atoms with E-state index >= 15 is 0 Å². The molecule has 4 rings (SSSR count). The van der Waals surface area contributed by atoms with Crippen LogP contribution in [-0.2, 0) is 13.1 Å². The van der Waals surface area contributed by atoms with Crippen LogP contribution in [0.2, 0.25) is 0 Å². The standard InChI is InChI=1S/C20H18N6O/c27-20-18(16-4-3-7-21-12-16)14-25-26(20)19-10-15(6-9-24-19)11-22-13-17-5-1-2-8-23-17/h1-10,12,14,22,25H,11,13H2. The summed E-state index contributed by atoms with van der Waals surface area (Å²) in [4.78, 5) is 25.4. The quantitative estimate of drug-likeness (QED) is 0.552. The fraction of sp³-hybridized carbons (Fsp3) is 0.100. The predicted octanol–water partition coefficient (Wildman–Crippen LogP) is 2.31. The van der Waals surface area contributed by atoms with Crippen LogP contribution >= 0.6 is 0 Å². The minimum atomic E-state index is -0.158. The largest absolute Gasteiger partial charge is 0.307 e. The van der Waals surface area contributed by atoms with Gasteiger partial charge in [-0.15, -0.1) is 0 Å². The fourth-order valence-corrected chi connectivity index (χ4v) is 2.80. The molecule has 0 aliphatic carbocycles. The molecule has 0 radical (unpaired) electrons. The van der Waals surface area contributed by atoms with Crippen molar-refractivity contribution in [1.29, 1.82) is 0 Å². The molecule has 0 saturated carbocycles. The van der Waals surface area contributed by atoms with Gasteiger partial charge < -0.3 is 5.32 Å². The highest BCUT2D eigenvalue weighted by Crippen LogP contribution is 2.14. The highest BCUT2D eigenvalue weighted by molar-refractivity contribution is 5.60. The predicted molar refractivity (Wildman–Crippen MR) is 102 cm³/mol. The number of pyridine rings is 3. The van der Waals surface area contributed by atoms with Crippen molar-refractivity contribution in [3.8, 4) is 16.9 Å². The Hall–Kier alpha value is -3.58. The molecule has 4 aromatic heterocycles. The zero-order valence-electron chi connectivity index (χ0n) is 14.5. The molecule has 0 aliphatic rings. The summed E-state index contributed by atoms with van der Waals surface area (Å²) in [5.41, 5.74) is 3.18. The van der Waals surface area contributed by atoms with E-state index in [1.165, 1.54) is 4.68 Å². The Morgan fingerprint density at radius 2 is 1.96 bits per heavy atom. The van der Waals surface area contributed by atoms with E-state index in [0.29, 0.717) is 24.5 Å². The third-order valence-electron chi connectivity index (χ3n) is 4.14. The summed E-state index contributed by atoms with van der Waals surface area (Å²) in [5.74, 6) is 0.548. The molecule has 4 aromatic rings. The van der Waals surface area contributed by atoms with Crippen molar-refractivity contribution in [1.82, 2.24) is 30.0 Å². The highest BCUT2D eigenvalue weighted by atomic mass is 16.1. The highest BCUT2D eigenvalue weighted by Gasteiger charge is 2.11. The normalized spacial score (nSPS) is 10.8. The van der Waals surface area contributed by atoms with Gasteiger partial charge in [0.2, 0.25) is 0 Å². The Balaban J connectivity index is 1.51. The van der Waals surface area contributed by atoms with E-state index in [2.05, 4.69) is 25.4 Å². The van der Waals surface area contributed by atoms with E-state index < -0.39 is 0 Å². The number of nitrogens with zero attached hydrogens (tertiary/aromatic N) is 4. The maximum absolute atomic E-state index is 12.7. The van der Waals surface area contributed by atoms with Crippen molar-refractivity contribution >= 4 is 0 Å². The first-order valence-electron chi connectivity index (χ1n) is 8.58. The molecule has 0 bridgehead atoms. The van der Waals surface area contributed by atoms with Gasteiger partial charge in [0.25, 0.3) is 5.56 Å². The van der Waals surface area contributed by atoms with E-state index in [-0.39, 0.29) is 5.56 Å². The van der Waals surface area contributed by atoms with Crippen LogP contribution in [0.3, 0.4) is 0 Å². The number of H-pyrrole nitrogens is 1. The summed E-state index contributed by atoms with van der Waals surface area (Å²) in [7, 11) is 0. The molecule has 0 unspecified atom stereocenters. The molecule has 7 heteroatoms. The molecule has 134 valence electrons. The number of nitrogens with one attached hydrogen (secondary N) is 2. The van der Waals surface area contributed by atoms with Gasteiger partial charge in [-0.05, 0) is 35.9 Å². The molecule has 0 aliphatic heterocycles. The number of hydrogen-bond acceptors (Lipinski definition) is 5. The first-order chi connectivity index (χ1) is 13.3. The summed E-state index contributed by atoms with van der Waals surface area (Å²) in [6.07, 6.45) is 8.49. The van der Waals surface area contributed by atoms with Crippen molar-refractivity contribution in [2.75, 3.05) is 0 Å². The molecule has 0 saturated heterocycles. The number of aromatic nitrogens is 5. The first kappa shape index (κ1) is 16.9. The second-order valence-corrected chi connectivity index (χ2v) is 6.02. The molecule has 0 amide bonds. The maximum Gasteiger partial charge on any atom is 0.280 e. The lowest BCUT2D eigenvalue weighted by molar-refractivity contribution is 0.677. The van der Waals surface area contributed by atoms with E-state index in [0.717, 1.165) is 16.8 Å². The molecule has 27 heavy (non-hydrogen) atoms. The van der Waals surface area contributed by atoms with Gasteiger partial charge in [0.15, 0.2) is 5.82 Å². The van der Waals surface area contributed by atoms with Crippen LogP contribution in [0.1, 0.15) is 11.3 Å². The number of rotatable bonds is 6. The van der Waals surface area contributed by atoms with Crippen LogP contribution in [-0.4, -0.2) is 24.7 Å². The van der Waals surface area contributed by atoms with Gasteiger partial charge in [0, 0.05) is 49.6 Å². The van der Waals surface area contributed by atoms with Crippen LogP contribution in [0.25, 0.3) is 16.9 Å². The van der Waals surface area contributed by atoms with Crippen molar-refractivity contribution in [3.05, 3.63) is 95.1 Å². The smallest absolute Gasteiger partial charge is 0.280 e. The van der Waals surface area contributed by atoms with Crippen molar-refractivity contribution in [2.24, 2.45) is 0 Å². The van der Waals surface area contributed by atoms with Gasteiger partial charge in [-0.3, -0.25) is 19.9 Å². The van der Waals surface area contributed by atoms with E-state index in [4.69, 9.17) is 0 Å². The molecule has 0 spiro atoms. The third kappa shape index (κ3) is 3.83. The second kappa shape index (κ2) is 7.76. The molecule has 0 aromatic carbocycles. The minimum Gasteiger partial charge on any atom is -0.307 e. The molecule has 7 nitrogen and oxygen atoms in total. The molecular weight excluding hydrogens is 340 g/mol. The van der Waals surface area contributed by atoms with Crippen molar-refractivity contribution < 1.29 is 0 Å². The molecular formula is C20H18N6O. The van der Waals surface area contributed by atoms with Gasteiger partial charge in [0.05, 0.1) is 11.3 Å².